The van der Waals surface area contributed by atoms with Crippen molar-refractivity contribution in [3.05, 3.63) is 46.6 Å². The molecule has 24 heavy (non-hydrogen) atoms. The van der Waals surface area contributed by atoms with Crippen LogP contribution in [0.25, 0.3) is 33.3 Å². The maximum Gasteiger partial charge on any atom is 0.200 e. The molecule has 2 aromatic carbocycles. The fourth-order valence-corrected chi connectivity index (χ4v) is 2.61. The predicted molar refractivity (Wildman–Crippen MR) is 88.9 cm³/mol. The number of H-pyrrole nitrogens is 1. The lowest BCUT2D eigenvalue weighted by atomic mass is 10.1. The molecule has 0 amide bonds. The molecule has 0 saturated heterocycles. The maximum absolute atomic E-state index is 12.8. The van der Waals surface area contributed by atoms with Gasteiger partial charge in [-0.15, -0.1) is 5.10 Å². The molecule has 0 unspecified atom stereocenters. The number of nitrogens with zero attached hydrogens (tertiary/aromatic N) is 3. The van der Waals surface area contributed by atoms with E-state index in [-0.39, 0.29) is 11.5 Å². The Kier molecular flexibility index (Phi) is 3.26. The summed E-state index contributed by atoms with van der Waals surface area (Å²) in [4.78, 5) is 12.8. The van der Waals surface area contributed by atoms with Gasteiger partial charge >= 0.3 is 0 Å². The summed E-state index contributed by atoms with van der Waals surface area (Å²) in [5, 5.41) is 14.7. The Labute approximate surface area is 136 Å². The quantitative estimate of drug-likeness (QED) is 0.583. The van der Waals surface area contributed by atoms with Crippen LogP contribution in [0.2, 0.25) is 0 Å². The molecular formula is C17H14N4O3. The molecule has 0 radical (unpaired) electrons. The zero-order chi connectivity index (χ0) is 16.7. The van der Waals surface area contributed by atoms with Crippen LogP contribution in [0.3, 0.4) is 0 Å². The Hall–Kier alpha value is -3.22. The molecule has 4 aromatic rings. The third-order valence-electron chi connectivity index (χ3n) is 3.63. The molecule has 0 bridgehead atoms. The summed E-state index contributed by atoms with van der Waals surface area (Å²) < 4.78 is 11.5. The van der Waals surface area contributed by atoms with E-state index in [1.165, 1.54) is 0 Å². The first-order valence-corrected chi connectivity index (χ1v) is 7.53. The van der Waals surface area contributed by atoms with Crippen LogP contribution in [0.1, 0.15) is 13.8 Å². The maximum atomic E-state index is 12.8. The van der Waals surface area contributed by atoms with Gasteiger partial charge in [0.05, 0.1) is 16.9 Å². The number of aromatic nitrogens is 4. The highest BCUT2D eigenvalue weighted by atomic mass is 16.5. The molecule has 0 fully saturated rings. The summed E-state index contributed by atoms with van der Waals surface area (Å²) in [5.41, 5.74) is 1.65. The average molecular weight is 322 g/mol. The summed E-state index contributed by atoms with van der Waals surface area (Å²) >= 11 is 0. The van der Waals surface area contributed by atoms with Gasteiger partial charge in [-0.05, 0) is 54.6 Å². The van der Waals surface area contributed by atoms with Crippen LogP contribution in [-0.4, -0.2) is 26.7 Å². The normalized spacial score (nSPS) is 11.5. The minimum absolute atomic E-state index is 0.0352. The second-order valence-corrected chi connectivity index (χ2v) is 5.72. The van der Waals surface area contributed by atoms with Crippen molar-refractivity contribution in [2.24, 2.45) is 0 Å². The first kappa shape index (κ1) is 14.4. The van der Waals surface area contributed by atoms with Gasteiger partial charge < -0.3 is 9.15 Å². The van der Waals surface area contributed by atoms with Gasteiger partial charge in [0.15, 0.2) is 5.82 Å². The number of aromatic amines is 1. The number of fused-ring (bicyclic) bond motifs is 2. The average Bonchev–Trinajstić information content (AvgIpc) is 3.09. The van der Waals surface area contributed by atoms with Gasteiger partial charge in [0, 0.05) is 5.56 Å². The van der Waals surface area contributed by atoms with Crippen molar-refractivity contribution in [1.82, 2.24) is 20.6 Å². The summed E-state index contributed by atoms with van der Waals surface area (Å²) in [6.07, 6.45) is 0.0352. The van der Waals surface area contributed by atoms with Crippen LogP contribution in [0.4, 0.5) is 0 Å². The lowest BCUT2D eigenvalue weighted by Gasteiger charge is -2.10. The highest BCUT2D eigenvalue weighted by Crippen LogP contribution is 2.25. The van der Waals surface area contributed by atoms with E-state index in [4.69, 9.17) is 9.15 Å². The Morgan fingerprint density at radius 3 is 2.71 bits per heavy atom. The highest BCUT2D eigenvalue weighted by molar-refractivity contribution is 5.91. The van der Waals surface area contributed by atoms with Crippen LogP contribution >= 0.6 is 0 Å². The highest BCUT2D eigenvalue weighted by Gasteiger charge is 2.11. The van der Waals surface area contributed by atoms with Gasteiger partial charge in [-0.2, -0.15) is 0 Å². The van der Waals surface area contributed by atoms with Gasteiger partial charge in [-0.1, -0.05) is 6.07 Å². The smallest absolute Gasteiger partial charge is 0.200 e. The molecule has 4 rings (SSSR count). The van der Waals surface area contributed by atoms with Crippen LogP contribution < -0.4 is 10.2 Å². The molecule has 0 spiro atoms. The molecular weight excluding hydrogens is 308 g/mol. The third kappa shape index (κ3) is 2.40. The Balaban J connectivity index is 1.92. The number of ether oxygens (including phenoxy) is 1. The monoisotopic (exact) mass is 322 g/mol. The first-order chi connectivity index (χ1) is 11.6. The number of tetrazole rings is 1. The molecule has 7 heteroatoms. The molecule has 120 valence electrons. The Morgan fingerprint density at radius 2 is 1.96 bits per heavy atom. The topological polar surface area (TPSA) is 93.9 Å². The lowest BCUT2D eigenvalue weighted by molar-refractivity contribution is 0.242. The van der Waals surface area contributed by atoms with Crippen molar-refractivity contribution in [3.8, 4) is 17.1 Å². The SMILES string of the molecule is CC(C)Oc1ccc2oc3cc(-c4nnn[nH]4)ccc3c(=O)c2c1. The number of nitrogens with one attached hydrogen (secondary N) is 1. The van der Waals surface area contributed by atoms with E-state index in [9.17, 15) is 4.79 Å². The minimum atomic E-state index is -0.0947. The third-order valence-corrected chi connectivity index (χ3v) is 3.63. The van der Waals surface area contributed by atoms with E-state index in [1.54, 1.807) is 36.4 Å². The molecule has 0 aliphatic heterocycles. The summed E-state index contributed by atoms with van der Waals surface area (Å²) in [5.74, 6) is 1.16. The van der Waals surface area contributed by atoms with Crippen molar-refractivity contribution < 1.29 is 9.15 Å². The van der Waals surface area contributed by atoms with Crippen molar-refractivity contribution >= 4 is 21.9 Å². The first-order valence-electron chi connectivity index (χ1n) is 7.53. The van der Waals surface area contributed by atoms with Crippen LogP contribution in [0.5, 0.6) is 5.75 Å². The van der Waals surface area contributed by atoms with Crippen LogP contribution in [-0.2, 0) is 0 Å². The largest absolute Gasteiger partial charge is 0.491 e. The van der Waals surface area contributed by atoms with Gasteiger partial charge in [0.25, 0.3) is 0 Å². The van der Waals surface area contributed by atoms with E-state index >= 15 is 0 Å². The van der Waals surface area contributed by atoms with Gasteiger partial charge in [-0.3, -0.25) is 4.79 Å². The van der Waals surface area contributed by atoms with Gasteiger partial charge in [-0.25, -0.2) is 5.10 Å². The second kappa shape index (κ2) is 5.45. The summed E-state index contributed by atoms with van der Waals surface area (Å²) in [6.45, 7) is 3.87. The number of hydrogen-bond acceptors (Lipinski definition) is 6. The molecule has 2 aromatic heterocycles. The van der Waals surface area contributed by atoms with E-state index in [2.05, 4.69) is 20.6 Å². The zero-order valence-corrected chi connectivity index (χ0v) is 13.1. The molecule has 2 heterocycles. The Bertz CT molecular complexity index is 1080. The predicted octanol–water partition coefficient (Wildman–Crippen LogP) is 2.91. The van der Waals surface area contributed by atoms with Crippen molar-refractivity contribution in [2.75, 3.05) is 0 Å². The molecule has 7 nitrogen and oxygen atoms in total. The van der Waals surface area contributed by atoms with Crippen molar-refractivity contribution in [2.45, 2.75) is 20.0 Å². The molecule has 1 N–H and O–H groups in total. The van der Waals surface area contributed by atoms with Gasteiger partial charge in [0.1, 0.15) is 16.9 Å². The number of rotatable bonds is 3. The van der Waals surface area contributed by atoms with E-state index in [1.807, 2.05) is 13.8 Å². The van der Waals surface area contributed by atoms with Crippen LogP contribution in [0.15, 0.2) is 45.6 Å². The summed E-state index contributed by atoms with van der Waals surface area (Å²) in [7, 11) is 0. The Morgan fingerprint density at radius 1 is 1.08 bits per heavy atom. The van der Waals surface area contributed by atoms with E-state index in [0.29, 0.717) is 33.5 Å². The summed E-state index contributed by atoms with van der Waals surface area (Å²) in [6, 6.07) is 10.5. The van der Waals surface area contributed by atoms with Crippen molar-refractivity contribution in [3.63, 3.8) is 0 Å². The molecule has 0 atom stereocenters. The molecule has 0 saturated carbocycles. The fourth-order valence-electron chi connectivity index (χ4n) is 2.61. The lowest BCUT2D eigenvalue weighted by Crippen LogP contribution is -2.07. The fraction of sp³-hybridized carbons (Fsp3) is 0.176. The molecule has 0 aliphatic rings. The second-order valence-electron chi connectivity index (χ2n) is 5.72. The van der Waals surface area contributed by atoms with Gasteiger partial charge in [0.2, 0.25) is 5.43 Å². The minimum Gasteiger partial charge on any atom is -0.491 e. The molecule has 0 aliphatic carbocycles. The number of hydrogen-bond donors (Lipinski definition) is 1. The zero-order valence-electron chi connectivity index (χ0n) is 13.1. The van der Waals surface area contributed by atoms with E-state index in [0.717, 1.165) is 5.56 Å². The number of benzene rings is 2. The van der Waals surface area contributed by atoms with Crippen molar-refractivity contribution in [1.29, 1.82) is 0 Å². The van der Waals surface area contributed by atoms with Crippen LogP contribution in [0, 0.1) is 0 Å². The van der Waals surface area contributed by atoms with E-state index < -0.39 is 0 Å². The standard InChI is InChI=1S/C17H14N4O3/c1-9(2)23-11-4-6-14-13(8-11)16(22)12-5-3-10(7-15(12)24-14)17-18-20-21-19-17/h3-9H,1-2H3,(H,18,19,20,21).